The van der Waals surface area contributed by atoms with Crippen LogP contribution in [-0.2, 0) is 11.0 Å². The van der Waals surface area contributed by atoms with E-state index in [-0.39, 0.29) is 5.69 Å². The van der Waals surface area contributed by atoms with E-state index in [1.807, 2.05) is 6.26 Å². The first-order valence-electron chi connectivity index (χ1n) is 8.56. The zero-order valence-electron chi connectivity index (χ0n) is 15.5. The molecule has 2 aromatic carbocycles. The highest BCUT2D eigenvalue weighted by molar-refractivity contribution is 7.98. The van der Waals surface area contributed by atoms with E-state index in [0.717, 1.165) is 17.7 Å². The SMILES string of the molecule is CSCCC(NC(=O)c1ccccc1C)C(=O)Nc1cccc(C(F)(F)F)c1. The zero-order chi connectivity index (χ0) is 20.7. The van der Waals surface area contributed by atoms with Crippen molar-refractivity contribution in [1.82, 2.24) is 5.32 Å². The fourth-order valence-electron chi connectivity index (χ4n) is 2.57. The van der Waals surface area contributed by atoms with Crippen molar-refractivity contribution in [2.24, 2.45) is 0 Å². The highest BCUT2D eigenvalue weighted by atomic mass is 32.2. The van der Waals surface area contributed by atoms with Crippen molar-refractivity contribution in [1.29, 1.82) is 0 Å². The molecule has 28 heavy (non-hydrogen) atoms. The third kappa shape index (κ3) is 6.02. The van der Waals surface area contributed by atoms with E-state index in [0.29, 0.717) is 17.7 Å². The first-order chi connectivity index (χ1) is 13.2. The van der Waals surface area contributed by atoms with E-state index in [1.54, 1.807) is 31.2 Å². The van der Waals surface area contributed by atoms with Gasteiger partial charge in [0.15, 0.2) is 0 Å². The van der Waals surface area contributed by atoms with Crippen LogP contribution in [0.2, 0.25) is 0 Å². The molecule has 1 unspecified atom stereocenters. The Labute approximate surface area is 165 Å². The van der Waals surface area contributed by atoms with Gasteiger partial charge in [-0.3, -0.25) is 9.59 Å². The van der Waals surface area contributed by atoms with Gasteiger partial charge in [0.2, 0.25) is 5.91 Å². The average molecular weight is 410 g/mol. The molecule has 0 aliphatic rings. The van der Waals surface area contributed by atoms with E-state index in [4.69, 9.17) is 0 Å². The number of carbonyl (C=O) groups is 2. The minimum absolute atomic E-state index is 0.0270. The van der Waals surface area contributed by atoms with Crippen LogP contribution in [0.4, 0.5) is 18.9 Å². The minimum atomic E-state index is -4.50. The molecule has 0 saturated carbocycles. The van der Waals surface area contributed by atoms with Crippen molar-refractivity contribution in [2.75, 3.05) is 17.3 Å². The normalized spacial score (nSPS) is 12.3. The second kappa shape index (κ2) is 9.64. The molecule has 2 amide bonds. The van der Waals surface area contributed by atoms with Gasteiger partial charge in [0, 0.05) is 11.3 Å². The summed E-state index contributed by atoms with van der Waals surface area (Å²) >= 11 is 1.51. The predicted octanol–water partition coefficient (Wildman–Crippen LogP) is 4.50. The van der Waals surface area contributed by atoms with Gasteiger partial charge < -0.3 is 10.6 Å². The van der Waals surface area contributed by atoms with E-state index >= 15 is 0 Å². The van der Waals surface area contributed by atoms with Crippen LogP contribution in [0.15, 0.2) is 48.5 Å². The molecule has 0 saturated heterocycles. The molecule has 2 rings (SSSR count). The molecule has 2 aromatic rings. The number of carbonyl (C=O) groups excluding carboxylic acids is 2. The summed E-state index contributed by atoms with van der Waals surface area (Å²) in [6.07, 6.45) is -2.29. The highest BCUT2D eigenvalue weighted by Crippen LogP contribution is 2.30. The maximum absolute atomic E-state index is 12.9. The molecule has 0 aliphatic carbocycles. The molecule has 0 bridgehead atoms. The minimum Gasteiger partial charge on any atom is -0.340 e. The molecule has 0 radical (unpaired) electrons. The van der Waals surface area contributed by atoms with Crippen LogP contribution in [0.5, 0.6) is 0 Å². The summed E-state index contributed by atoms with van der Waals surface area (Å²) in [4.78, 5) is 25.1. The van der Waals surface area contributed by atoms with E-state index < -0.39 is 29.6 Å². The Balaban J connectivity index is 2.15. The van der Waals surface area contributed by atoms with E-state index in [9.17, 15) is 22.8 Å². The Kier molecular flexibility index (Phi) is 7.51. The number of alkyl halides is 3. The Morgan fingerprint density at radius 1 is 1.11 bits per heavy atom. The molecular formula is C20H21F3N2O2S. The summed E-state index contributed by atoms with van der Waals surface area (Å²) in [6.45, 7) is 1.79. The van der Waals surface area contributed by atoms with Gasteiger partial charge in [-0.25, -0.2) is 0 Å². The fraction of sp³-hybridized carbons (Fsp3) is 0.300. The number of hydrogen-bond acceptors (Lipinski definition) is 3. The maximum Gasteiger partial charge on any atom is 0.416 e. The van der Waals surface area contributed by atoms with Gasteiger partial charge >= 0.3 is 6.18 Å². The van der Waals surface area contributed by atoms with Gasteiger partial charge in [0.1, 0.15) is 6.04 Å². The number of amides is 2. The molecule has 0 fully saturated rings. The van der Waals surface area contributed by atoms with Crippen molar-refractivity contribution >= 4 is 29.3 Å². The molecule has 1 atom stereocenters. The number of rotatable bonds is 7. The van der Waals surface area contributed by atoms with Crippen molar-refractivity contribution in [3.8, 4) is 0 Å². The largest absolute Gasteiger partial charge is 0.416 e. The lowest BCUT2D eigenvalue weighted by atomic mass is 10.1. The Morgan fingerprint density at radius 3 is 2.46 bits per heavy atom. The summed E-state index contributed by atoms with van der Waals surface area (Å²) in [5.41, 5.74) is 0.388. The molecule has 0 spiro atoms. The zero-order valence-corrected chi connectivity index (χ0v) is 16.3. The lowest BCUT2D eigenvalue weighted by Crippen LogP contribution is -2.44. The molecule has 0 aromatic heterocycles. The monoisotopic (exact) mass is 410 g/mol. The van der Waals surface area contributed by atoms with Gasteiger partial charge in [0.25, 0.3) is 5.91 Å². The summed E-state index contributed by atoms with van der Waals surface area (Å²) < 4.78 is 38.6. The summed E-state index contributed by atoms with van der Waals surface area (Å²) in [5, 5.41) is 5.16. The lowest BCUT2D eigenvalue weighted by molar-refractivity contribution is -0.137. The van der Waals surface area contributed by atoms with Crippen molar-refractivity contribution in [2.45, 2.75) is 25.6 Å². The standard InChI is InChI=1S/C20H21F3N2O2S/c1-13-6-3-4-9-16(13)18(26)25-17(10-11-28-2)19(27)24-15-8-5-7-14(12-15)20(21,22)23/h3-9,12,17H,10-11H2,1-2H3,(H,24,27)(H,25,26). The van der Waals surface area contributed by atoms with Crippen molar-refractivity contribution in [3.05, 3.63) is 65.2 Å². The Bertz CT molecular complexity index is 840. The molecule has 0 heterocycles. The molecular weight excluding hydrogens is 389 g/mol. The third-order valence-corrected chi connectivity index (χ3v) is 4.72. The molecule has 0 aliphatic heterocycles. The smallest absolute Gasteiger partial charge is 0.340 e. The molecule has 8 heteroatoms. The van der Waals surface area contributed by atoms with Crippen molar-refractivity contribution < 1.29 is 22.8 Å². The number of aryl methyl sites for hydroxylation is 1. The number of halogens is 3. The second-order valence-corrected chi connectivity index (χ2v) is 7.18. The number of anilines is 1. The Morgan fingerprint density at radius 2 is 1.82 bits per heavy atom. The molecule has 150 valence electrons. The maximum atomic E-state index is 12.9. The summed E-state index contributed by atoms with van der Waals surface area (Å²) in [6, 6.07) is 10.5. The van der Waals surface area contributed by atoms with E-state index in [1.165, 1.54) is 23.9 Å². The number of nitrogens with one attached hydrogen (secondary N) is 2. The number of thioether (sulfide) groups is 1. The predicted molar refractivity (Wildman–Crippen MR) is 106 cm³/mol. The average Bonchev–Trinajstić information content (AvgIpc) is 2.64. The van der Waals surface area contributed by atoms with Crippen LogP contribution < -0.4 is 10.6 Å². The van der Waals surface area contributed by atoms with Crippen LogP contribution in [-0.4, -0.2) is 29.9 Å². The number of hydrogen-bond donors (Lipinski definition) is 2. The first kappa shape index (κ1) is 21.8. The number of benzene rings is 2. The molecule has 2 N–H and O–H groups in total. The fourth-order valence-corrected chi connectivity index (χ4v) is 3.04. The lowest BCUT2D eigenvalue weighted by Gasteiger charge is -2.19. The van der Waals surface area contributed by atoms with Gasteiger partial charge in [-0.1, -0.05) is 24.3 Å². The van der Waals surface area contributed by atoms with Crippen LogP contribution >= 0.6 is 11.8 Å². The quantitative estimate of drug-likeness (QED) is 0.706. The first-order valence-corrected chi connectivity index (χ1v) is 9.95. The Hall–Kier alpha value is -2.48. The van der Waals surface area contributed by atoms with Crippen LogP contribution in [0.25, 0.3) is 0 Å². The van der Waals surface area contributed by atoms with Crippen LogP contribution in [0, 0.1) is 6.92 Å². The molecule has 4 nitrogen and oxygen atoms in total. The highest BCUT2D eigenvalue weighted by Gasteiger charge is 2.31. The van der Waals surface area contributed by atoms with Gasteiger partial charge in [-0.2, -0.15) is 24.9 Å². The summed E-state index contributed by atoms with van der Waals surface area (Å²) in [5.74, 6) is -0.354. The van der Waals surface area contributed by atoms with Gasteiger partial charge in [0.05, 0.1) is 5.56 Å². The topological polar surface area (TPSA) is 58.2 Å². The van der Waals surface area contributed by atoms with E-state index in [2.05, 4.69) is 10.6 Å². The second-order valence-electron chi connectivity index (χ2n) is 6.19. The summed E-state index contributed by atoms with van der Waals surface area (Å²) in [7, 11) is 0. The van der Waals surface area contributed by atoms with Crippen molar-refractivity contribution in [3.63, 3.8) is 0 Å². The third-order valence-electron chi connectivity index (χ3n) is 4.08. The van der Waals surface area contributed by atoms with Crippen LogP contribution in [0.1, 0.15) is 27.9 Å². The van der Waals surface area contributed by atoms with Crippen LogP contribution in [0.3, 0.4) is 0 Å². The van der Waals surface area contributed by atoms with Gasteiger partial charge in [-0.15, -0.1) is 0 Å². The van der Waals surface area contributed by atoms with Gasteiger partial charge in [-0.05, 0) is 55.2 Å².